The number of nitrogens with zero attached hydrogens (tertiary/aromatic N) is 1. The zero-order valence-electron chi connectivity index (χ0n) is 10.2. The second kappa shape index (κ2) is 5.54. The number of carbonyl (C=O) groups is 1. The summed E-state index contributed by atoms with van der Waals surface area (Å²) in [4.78, 5) is 14.0. The van der Waals surface area contributed by atoms with Crippen LogP contribution < -0.4 is 0 Å². The highest BCUT2D eigenvalue weighted by Gasteiger charge is 2.61. The molecule has 2 nitrogen and oxygen atoms in total. The number of aromatic nitrogens is 1. The van der Waals surface area contributed by atoms with E-state index in [-0.39, 0.29) is 16.9 Å². The van der Waals surface area contributed by atoms with E-state index in [0.29, 0.717) is 6.07 Å². The van der Waals surface area contributed by atoms with Gasteiger partial charge < -0.3 is 0 Å². The molecule has 0 aliphatic carbocycles. The summed E-state index contributed by atoms with van der Waals surface area (Å²) in [6.07, 6.45) is -5.94. The van der Waals surface area contributed by atoms with E-state index in [9.17, 15) is 31.1 Å². The molecular formula is C12H4ClF6NOS. The minimum absolute atomic E-state index is 0.168. The van der Waals surface area contributed by atoms with Crippen LogP contribution in [0.2, 0.25) is 4.47 Å². The summed E-state index contributed by atoms with van der Waals surface area (Å²) in [5.74, 6) is -7.41. The van der Waals surface area contributed by atoms with E-state index in [1.54, 1.807) is 0 Å². The van der Waals surface area contributed by atoms with Gasteiger partial charge in [0.1, 0.15) is 16.4 Å². The molecule has 0 radical (unpaired) electrons. The molecule has 0 bridgehead atoms. The Labute approximate surface area is 128 Å². The number of alkyl halides is 5. The average molecular weight is 360 g/mol. The van der Waals surface area contributed by atoms with Gasteiger partial charge in [-0.3, -0.25) is 4.79 Å². The first-order chi connectivity index (χ1) is 10.0. The summed E-state index contributed by atoms with van der Waals surface area (Å²) in [6, 6.07) is 3.90. The molecule has 0 saturated carbocycles. The van der Waals surface area contributed by atoms with Gasteiger partial charge in [0.05, 0.1) is 0 Å². The van der Waals surface area contributed by atoms with Crippen LogP contribution in [0.15, 0.2) is 24.3 Å². The fourth-order valence-corrected chi connectivity index (χ4v) is 2.66. The van der Waals surface area contributed by atoms with E-state index in [0.717, 1.165) is 18.2 Å². The van der Waals surface area contributed by atoms with E-state index in [1.807, 2.05) is 0 Å². The minimum atomic E-state index is -5.94. The molecule has 2 aromatic rings. The normalized spacial score (nSPS) is 12.5. The van der Waals surface area contributed by atoms with Crippen LogP contribution in [0.5, 0.6) is 0 Å². The zero-order chi connectivity index (χ0) is 16.7. The van der Waals surface area contributed by atoms with Gasteiger partial charge in [0.25, 0.3) is 0 Å². The SMILES string of the molecule is O=C(c1cccc(F)c1)c1sc(Cl)nc1C(F)(F)C(F)(F)F. The molecule has 0 aliphatic rings. The maximum Gasteiger partial charge on any atom is 0.459 e. The Bertz CT molecular complexity index is 727. The fourth-order valence-electron chi connectivity index (χ4n) is 1.56. The van der Waals surface area contributed by atoms with Gasteiger partial charge >= 0.3 is 12.1 Å². The second-order valence-corrected chi connectivity index (χ2v) is 5.64. The van der Waals surface area contributed by atoms with Crippen LogP contribution >= 0.6 is 22.9 Å². The van der Waals surface area contributed by atoms with Crippen LogP contribution in [0.3, 0.4) is 0 Å². The van der Waals surface area contributed by atoms with E-state index in [4.69, 9.17) is 11.6 Å². The molecule has 0 fully saturated rings. The number of hydrogen-bond donors (Lipinski definition) is 0. The summed E-state index contributed by atoms with van der Waals surface area (Å²) >= 11 is 5.53. The maximum atomic E-state index is 13.4. The van der Waals surface area contributed by atoms with Gasteiger partial charge in [-0.2, -0.15) is 22.0 Å². The molecule has 0 amide bonds. The molecule has 2 rings (SSSR count). The Hall–Kier alpha value is -1.61. The van der Waals surface area contributed by atoms with Gasteiger partial charge in [0.15, 0.2) is 4.47 Å². The number of carbonyl (C=O) groups excluding carboxylic acids is 1. The summed E-state index contributed by atoms with van der Waals surface area (Å²) in [5, 5.41) is 0. The van der Waals surface area contributed by atoms with E-state index >= 15 is 0 Å². The lowest BCUT2D eigenvalue weighted by Crippen LogP contribution is -2.35. The van der Waals surface area contributed by atoms with Gasteiger partial charge in [-0.05, 0) is 12.1 Å². The molecular weight excluding hydrogens is 356 g/mol. The standard InChI is InChI=1S/C12H4ClF6NOS/c13-10-20-9(11(15,16)12(17,18)19)8(22-10)7(21)5-2-1-3-6(14)4-5/h1-4H. The van der Waals surface area contributed by atoms with Crippen molar-refractivity contribution >= 4 is 28.7 Å². The predicted octanol–water partition coefficient (Wildman–Crippen LogP) is 4.82. The maximum absolute atomic E-state index is 13.4. The molecule has 22 heavy (non-hydrogen) atoms. The van der Waals surface area contributed by atoms with Gasteiger partial charge in [-0.15, -0.1) is 0 Å². The first-order valence-electron chi connectivity index (χ1n) is 5.45. The van der Waals surface area contributed by atoms with E-state index in [1.165, 1.54) is 0 Å². The third kappa shape index (κ3) is 2.95. The minimum Gasteiger partial charge on any atom is -0.288 e. The molecule has 118 valence electrons. The lowest BCUT2D eigenvalue weighted by molar-refractivity contribution is -0.290. The smallest absolute Gasteiger partial charge is 0.288 e. The van der Waals surface area contributed by atoms with Crippen molar-refractivity contribution < 1.29 is 31.1 Å². The van der Waals surface area contributed by atoms with Crippen LogP contribution in [0.4, 0.5) is 26.3 Å². The molecule has 0 unspecified atom stereocenters. The zero-order valence-corrected chi connectivity index (χ0v) is 11.8. The molecule has 0 N–H and O–H groups in total. The van der Waals surface area contributed by atoms with Crippen LogP contribution in [0.25, 0.3) is 0 Å². The molecule has 1 aromatic heterocycles. The molecule has 0 saturated heterocycles. The lowest BCUT2D eigenvalue weighted by atomic mass is 10.1. The number of hydrogen-bond acceptors (Lipinski definition) is 3. The number of rotatable bonds is 3. The third-order valence-electron chi connectivity index (χ3n) is 2.55. The third-order valence-corrected chi connectivity index (χ3v) is 3.71. The number of ketones is 1. The number of halogens is 7. The number of thiazole rings is 1. The molecule has 0 aliphatic heterocycles. The van der Waals surface area contributed by atoms with Crippen molar-refractivity contribution in [2.45, 2.75) is 12.1 Å². The van der Waals surface area contributed by atoms with Crippen molar-refractivity contribution in [2.24, 2.45) is 0 Å². The van der Waals surface area contributed by atoms with Crippen molar-refractivity contribution in [1.29, 1.82) is 0 Å². The fraction of sp³-hybridized carbons (Fsp3) is 0.167. The average Bonchev–Trinajstić information content (AvgIpc) is 2.79. The van der Waals surface area contributed by atoms with Gasteiger partial charge in [0, 0.05) is 5.56 Å². The highest BCUT2D eigenvalue weighted by atomic mass is 35.5. The first kappa shape index (κ1) is 16.8. The Morgan fingerprint density at radius 1 is 1.18 bits per heavy atom. The summed E-state index contributed by atoms with van der Waals surface area (Å²) < 4.78 is 76.6. The van der Waals surface area contributed by atoms with Crippen molar-refractivity contribution in [1.82, 2.24) is 4.98 Å². The first-order valence-corrected chi connectivity index (χ1v) is 6.65. The molecule has 0 spiro atoms. The molecule has 0 atom stereocenters. The monoisotopic (exact) mass is 359 g/mol. The molecule has 10 heteroatoms. The Balaban J connectivity index is 2.56. The Morgan fingerprint density at radius 3 is 2.36 bits per heavy atom. The molecule has 1 heterocycles. The van der Waals surface area contributed by atoms with Gasteiger partial charge in [-0.1, -0.05) is 35.1 Å². The van der Waals surface area contributed by atoms with Crippen LogP contribution in [0, 0.1) is 5.82 Å². The highest BCUT2D eigenvalue weighted by Crippen LogP contribution is 2.46. The Kier molecular flexibility index (Phi) is 4.22. The van der Waals surface area contributed by atoms with E-state index in [2.05, 4.69) is 4.98 Å². The summed E-state index contributed by atoms with van der Waals surface area (Å²) in [7, 11) is 0. The van der Waals surface area contributed by atoms with Crippen molar-refractivity contribution in [3.8, 4) is 0 Å². The van der Waals surface area contributed by atoms with Gasteiger partial charge in [-0.25, -0.2) is 9.37 Å². The summed E-state index contributed by atoms with van der Waals surface area (Å²) in [6.45, 7) is 0. The molecule has 1 aromatic carbocycles. The van der Waals surface area contributed by atoms with E-state index < -0.39 is 38.7 Å². The highest BCUT2D eigenvalue weighted by molar-refractivity contribution is 7.17. The topological polar surface area (TPSA) is 30.0 Å². The lowest BCUT2D eigenvalue weighted by Gasteiger charge is -2.18. The van der Waals surface area contributed by atoms with Gasteiger partial charge in [0.2, 0.25) is 5.78 Å². The van der Waals surface area contributed by atoms with Crippen molar-refractivity contribution in [3.05, 3.63) is 50.7 Å². The predicted molar refractivity (Wildman–Crippen MR) is 66.9 cm³/mol. The van der Waals surface area contributed by atoms with Crippen LogP contribution in [-0.2, 0) is 5.92 Å². The largest absolute Gasteiger partial charge is 0.459 e. The van der Waals surface area contributed by atoms with Crippen LogP contribution in [-0.4, -0.2) is 16.9 Å². The second-order valence-electron chi connectivity index (χ2n) is 4.06. The van der Waals surface area contributed by atoms with Crippen molar-refractivity contribution in [2.75, 3.05) is 0 Å². The number of benzene rings is 1. The summed E-state index contributed by atoms with van der Waals surface area (Å²) in [5.41, 5.74) is -2.18. The van der Waals surface area contributed by atoms with Crippen molar-refractivity contribution in [3.63, 3.8) is 0 Å². The Morgan fingerprint density at radius 2 is 1.82 bits per heavy atom. The van der Waals surface area contributed by atoms with Crippen LogP contribution in [0.1, 0.15) is 20.9 Å². The quantitative estimate of drug-likeness (QED) is 0.581.